The number of fused-ring (bicyclic) bond motifs is 2. The van der Waals surface area contributed by atoms with Gasteiger partial charge in [-0.1, -0.05) is 6.92 Å². The van der Waals surface area contributed by atoms with E-state index in [1.807, 2.05) is 32.0 Å². The smallest absolute Gasteiger partial charge is 0.256 e. The maximum atomic E-state index is 13.7. The van der Waals surface area contributed by atoms with E-state index in [1.165, 1.54) is 10.8 Å². The number of aromatic nitrogens is 5. The van der Waals surface area contributed by atoms with Crippen molar-refractivity contribution in [2.24, 2.45) is 17.6 Å². The number of carbonyl (C=O) groups excluding carboxylic acids is 1. The zero-order valence-corrected chi connectivity index (χ0v) is 20.3. The van der Waals surface area contributed by atoms with Gasteiger partial charge >= 0.3 is 0 Å². The summed E-state index contributed by atoms with van der Waals surface area (Å²) in [6, 6.07) is 7.25. The van der Waals surface area contributed by atoms with Crippen LogP contribution < -0.4 is 5.73 Å². The van der Waals surface area contributed by atoms with Crippen molar-refractivity contribution in [3.05, 3.63) is 42.2 Å². The predicted octanol–water partition coefficient (Wildman–Crippen LogP) is 3.93. The third-order valence-corrected chi connectivity index (χ3v) is 7.63. The highest BCUT2D eigenvalue weighted by Crippen LogP contribution is 2.36. The third kappa shape index (κ3) is 3.84. The molecule has 1 saturated heterocycles. The molecule has 4 aromatic heterocycles. The topological polar surface area (TPSA) is 94.9 Å². The van der Waals surface area contributed by atoms with Crippen LogP contribution in [0.1, 0.15) is 37.0 Å². The first kappa shape index (κ1) is 23.0. The van der Waals surface area contributed by atoms with Crippen molar-refractivity contribution in [2.75, 3.05) is 6.54 Å². The molecule has 36 heavy (non-hydrogen) atoms. The van der Waals surface area contributed by atoms with Gasteiger partial charge in [-0.2, -0.15) is 0 Å². The van der Waals surface area contributed by atoms with Crippen LogP contribution in [-0.4, -0.2) is 59.9 Å². The maximum absolute atomic E-state index is 13.7. The van der Waals surface area contributed by atoms with Crippen molar-refractivity contribution in [2.45, 2.75) is 58.3 Å². The molecule has 2 fully saturated rings. The summed E-state index contributed by atoms with van der Waals surface area (Å²) in [6.45, 7) is 4.76. The second-order valence-corrected chi connectivity index (χ2v) is 10.3. The van der Waals surface area contributed by atoms with Crippen molar-refractivity contribution in [3.63, 3.8) is 0 Å². The summed E-state index contributed by atoms with van der Waals surface area (Å²) in [5.74, 6) is 0.979. The number of likely N-dealkylation sites (tertiary alicyclic amines) is 1. The number of carbonyl (C=O) groups is 1. The lowest BCUT2D eigenvalue weighted by Crippen LogP contribution is -2.41. The Bertz CT molecular complexity index is 1460. The van der Waals surface area contributed by atoms with Gasteiger partial charge in [0, 0.05) is 43.0 Å². The Labute approximate surface area is 207 Å². The largest absolute Gasteiger partial charge is 0.334 e. The van der Waals surface area contributed by atoms with Gasteiger partial charge in [0.2, 0.25) is 0 Å². The van der Waals surface area contributed by atoms with E-state index in [2.05, 4.69) is 14.5 Å². The molecule has 1 aliphatic heterocycles. The number of rotatable bonds is 6. The van der Waals surface area contributed by atoms with Crippen LogP contribution in [0.4, 0.5) is 8.78 Å². The molecule has 1 saturated carbocycles. The molecule has 0 aromatic carbocycles. The molecule has 2 aliphatic rings. The monoisotopic (exact) mass is 493 g/mol. The Morgan fingerprint density at radius 1 is 1.17 bits per heavy atom. The zero-order chi connectivity index (χ0) is 25.1. The normalized spacial score (nSPS) is 22.4. The number of halogens is 2. The number of amides is 1. The van der Waals surface area contributed by atoms with Crippen LogP contribution in [0.15, 0.2) is 36.7 Å². The SMILES string of the molecule is C[C@@H]1CN(C(=O)c2cnc3c(c2)nc(-c2cc4cccnc4n2CC2CC2)n3CC(F)F)[C@H](C)[C@@H]1N. The molecule has 6 rings (SSSR count). The molecule has 8 nitrogen and oxygen atoms in total. The zero-order valence-electron chi connectivity index (χ0n) is 20.3. The molecule has 0 spiro atoms. The number of nitrogens with zero attached hydrogens (tertiary/aromatic N) is 6. The van der Waals surface area contributed by atoms with Gasteiger partial charge in [-0.25, -0.2) is 23.7 Å². The number of alkyl halides is 2. The fourth-order valence-corrected chi connectivity index (χ4v) is 5.37. The van der Waals surface area contributed by atoms with E-state index in [4.69, 9.17) is 10.7 Å². The molecule has 0 bridgehead atoms. The van der Waals surface area contributed by atoms with Crippen LogP contribution >= 0.6 is 0 Å². The van der Waals surface area contributed by atoms with E-state index in [0.29, 0.717) is 35.0 Å². The average molecular weight is 494 g/mol. The molecule has 188 valence electrons. The lowest BCUT2D eigenvalue weighted by molar-refractivity contribution is 0.0739. The molecule has 5 heterocycles. The minimum Gasteiger partial charge on any atom is -0.334 e. The molecular formula is C26H29F2N7O. The minimum absolute atomic E-state index is 0.0931. The summed E-state index contributed by atoms with van der Waals surface area (Å²) in [7, 11) is 0. The minimum atomic E-state index is -2.59. The number of pyridine rings is 2. The first-order valence-corrected chi connectivity index (χ1v) is 12.5. The standard InChI is InChI=1S/C26H29F2N7O/c1-14-11-33(15(2)22(14)29)26(36)18-8-19-24(31-10-18)35(13-21(27)28)25(32-19)20-9-17-4-3-7-30-23(17)34(20)12-16-5-6-16/h3-4,7-10,14-16,21-22H,5-6,11-13,29H2,1-2H3/t14-,15-,22-/m1/s1. The van der Waals surface area contributed by atoms with Crippen LogP contribution in [-0.2, 0) is 13.1 Å². The highest BCUT2D eigenvalue weighted by molar-refractivity contribution is 5.97. The molecule has 1 amide bonds. The van der Waals surface area contributed by atoms with Gasteiger partial charge in [-0.15, -0.1) is 0 Å². The van der Waals surface area contributed by atoms with Gasteiger partial charge in [0.1, 0.15) is 11.2 Å². The number of hydrogen-bond acceptors (Lipinski definition) is 5. The Morgan fingerprint density at radius 3 is 2.67 bits per heavy atom. The van der Waals surface area contributed by atoms with Crippen molar-refractivity contribution in [3.8, 4) is 11.5 Å². The lowest BCUT2D eigenvalue weighted by atomic mass is 10.0. The van der Waals surface area contributed by atoms with Crippen LogP contribution in [0.3, 0.4) is 0 Å². The van der Waals surface area contributed by atoms with E-state index in [1.54, 1.807) is 17.2 Å². The Hall–Kier alpha value is -3.40. The summed E-state index contributed by atoms with van der Waals surface area (Å²) in [5, 5.41) is 0.932. The number of hydrogen-bond donors (Lipinski definition) is 1. The molecule has 0 unspecified atom stereocenters. The fraction of sp³-hybridized carbons (Fsp3) is 0.462. The highest BCUT2D eigenvalue weighted by atomic mass is 19.3. The Kier molecular flexibility index (Phi) is 5.51. The second kappa shape index (κ2) is 8.62. The highest BCUT2D eigenvalue weighted by Gasteiger charge is 2.37. The van der Waals surface area contributed by atoms with Crippen molar-refractivity contribution < 1.29 is 13.6 Å². The van der Waals surface area contributed by atoms with E-state index >= 15 is 0 Å². The quantitative estimate of drug-likeness (QED) is 0.439. The number of imidazole rings is 1. The van der Waals surface area contributed by atoms with E-state index in [-0.39, 0.29) is 23.9 Å². The molecule has 3 atom stereocenters. The van der Waals surface area contributed by atoms with Gasteiger partial charge in [0.15, 0.2) is 11.5 Å². The van der Waals surface area contributed by atoms with Gasteiger partial charge in [0.05, 0.1) is 17.8 Å². The Morgan fingerprint density at radius 2 is 1.97 bits per heavy atom. The average Bonchev–Trinajstić information content (AvgIpc) is 3.45. The van der Waals surface area contributed by atoms with E-state index in [9.17, 15) is 13.6 Å². The first-order valence-electron chi connectivity index (χ1n) is 12.5. The molecule has 0 radical (unpaired) electrons. The summed E-state index contributed by atoms with van der Waals surface area (Å²) in [4.78, 5) is 28.8. The predicted molar refractivity (Wildman–Crippen MR) is 133 cm³/mol. The van der Waals surface area contributed by atoms with Crippen LogP contribution in [0.5, 0.6) is 0 Å². The van der Waals surface area contributed by atoms with E-state index in [0.717, 1.165) is 36.1 Å². The fourth-order valence-electron chi connectivity index (χ4n) is 5.37. The van der Waals surface area contributed by atoms with Crippen LogP contribution in [0.2, 0.25) is 0 Å². The summed E-state index contributed by atoms with van der Waals surface area (Å²) in [5.41, 5.74) is 8.90. The molecule has 1 aliphatic carbocycles. The maximum Gasteiger partial charge on any atom is 0.256 e. The van der Waals surface area contributed by atoms with Gasteiger partial charge in [0.25, 0.3) is 12.3 Å². The third-order valence-electron chi connectivity index (χ3n) is 7.63. The summed E-state index contributed by atoms with van der Waals surface area (Å²) >= 11 is 0. The van der Waals surface area contributed by atoms with Gasteiger partial charge < -0.3 is 19.8 Å². The van der Waals surface area contributed by atoms with Gasteiger partial charge in [-0.05, 0) is 55.9 Å². The van der Waals surface area contributed by atoms with Crippen molar-refractivity contribution >= 4 is 28.1 Å². The molecular weight excluding hydrogens is 464 g/mol. The van der Waals surface area contributed by atoms with Crippen molar-refractivity contribution in [1.29, 1.82) is 0 Å². The summed E-state index contributed by atoms with van der Waals surface area (Å²) in [6.07, 6.45) is 2.90. The van der Waals surface area contributed by atoms with Crippen molar-refractivity contribution in [1.82, 2.24) is 29.0 Å². The number of nitrogens with two attached hydrogens (primary N) is 1. The Balaban J connectivity index is 1.47. The van der Waals surface area contributed by atoms with E-state index < -0.39 is 13.0 Å². The van der Waals surface area contributed by atoms with Crippen LogP contribution in [0, 0.1) is 11.8 Å². The van der Waals surface area contributed by atoms with Gasteiger partial charge in [-0.3, -0.25) is 4.79 Å². The van der Waals surface area contributed by atoms with Crippen LogP contribution in [0.25, 0.3) is 33.7 Å². The summed E-state index contributed by atoms with van der Waals surface area (Å²) < 4.78 is 31.0. The molecule has 4 aromatic rings. The second-order valence-electron chi connectivity index (χ2n) is 10.3. The molecule has 2 N–H and O–H groups in total. The molecule has 10 heteroatoms. The first-order chi connectivity index (χ1) is 17.3. The lowest BCUT2D eigenvalue weighted by Gasteiger charge is -2.23.